The highest BCUT2D eigenvalue weighted by molar-refractivity contribution is 5.46. The Morgan fingerprint density at radius 3 is 1.03 bits per heavy atom. The lowest BCUT2D eigenvalue weighted by Crippen LogP contribution is -2.43. The molecule has 4 atom stereocenters. The average Bonchev–Trinajstić information content (AvgIpc) is 3.38. The molecule has 4 heterocycles. The van der Waals surface area contributed by atoms with Crippen LogP contribution in [0.5, 0.6) is 23.0 Å². The van der Waals surface area contributed by atoms with Crippen LogP contribution in [0, 0.1) is 17.3 Å². The molecule has 4 aliphatic heterocycles. The Kier molecular flexibility index (Phi) is 14.8. The summed E-state index contributed by atoms with van der Waals surface area (Å²) in [5.41, 5.74) is 5.41. The van der Waals surface area contributed by atoms with E-state index in [1.54, 1.807) is 0 Å². The predicted molar refractivity (Wildman–Crippen MR) is 262 cm³/mol. The van der Waals surface area contributed by atoms with E-state index < -0.39 is 0 Å². The molecule has 0 N–H and O–H groups in total. The van der Waals surface area contributed by atoms with Crippen molar-refractivity contribution in [1.29, 1.82) is 0 Å². The summed E-state index contributed by atoms with van der Waals surface area (Å²) in [4.78, 5) is 0. The zero-order valence-electron chi connectivity index (χ0n) is 40.4. The average molecular weight is 913 g/mol. The van der Waals surface area contributed by atoms with Gasteiger partial charge in [-0.3, -0.25) is 0 Å². The maximum Gasteiger partial charge on any atom is 0.199 e. The molecular formula is C59H76O8. The molecule has 2 saturated carbocycles. The van der Waals surface area contributed by atoms with Crippen LogP contribution < -0.4 is 18.9 Å². The molecule has 4 saturated heterocycles. The van der Waals surface area contributed by atoms with Crippen molar-refractivity contribution in [2.24, 2.45) is 17.3 Å². The number of ether oxygens (including phenoxy) is 8. The van der Waals surface area contributed by atoms with E-state index >= 15 is 0 Å². The summed E-state index contributed by atoms with van der Waals surface area (Å²) in [7, 11) is 0. The SMILES string of the molecule is CC(C)(C1CCC(c2ccc(OC3CCCCO3)cc2)(c2ccc(OC3CCCCO3)cc2)CC1)C1CCC(c2ccc(OC3CCCCO3)cc2)(c2cccc(OC3CCCCO3)c2)CC1. The predicted octanol–water partition coefficient (Wildman–Crippen LogP) is 14.0. The third-order valence-electron chi connectivity index (χ3n) is 17.0. The molecule has 0 aromatic heterocycles. The zero-order chi connectivity index (χ0) is 45.5. The summed E-state index contributed by atoms with van der Waals surface area (Å²) >= 11 is 0. The lowest BCUT2D eigenvalue weighted by Gasteiger charge is -2.51. The number of rotatable bonds is 14. The summed E-state index contributed by atoms with van der Waals surface area (Å²) in [6.45, 7) is 8.29. The van der Waals surface area contributed by atoms with Crippen LogP contribution in [0.3, 0.4) is 0 Å². The number of hydrogen-bond donors (Lipinski definition) is 0. The van der Waals surface area contributed by atoms with Crippen LogP contribution in [0.15, 0.2) is 97.1 Å². The molecule has 8 heteroatoms. The molecule has 0 radical (unpaired) electrons. The lowest BCUT2D eigenvalue weighted by molar-refractivity contribution is -0.106. The van der Waals surface area contributed by atoms with Crippen LogP contribution in [0.2, 0.25) is 0 Å². The lowest BCUT2D eigenvalue weighted by atomic mass is 9.53. The number of benzene rings is 4. The molecule has 4 unspecified atom stereocenters. The van der Waals surface area contributed by atoms with E-state index in [2.05, 4.69) is 111 Å². The first-order valence-corrected chi connectivity index (χ1v) is 26.4. The Hall–Kier alpha value is -4.08. The van der Waals surface area contributed by atoms with Gasteiger partial charge in [-0.1, -0.05) is 62.4 Å². The van der Waals surface area contributed by atoms with Crippen LogP contribution in [0.4, 0.5) is 0 Å². The van der Waals surface area contributed by atoms with E-state index in [9.17, 15) is 0 Å². The van der Waals surface area contributed by atoms with Crippen LogP contribution in [0.25, 0.3) is 0 Å². The van der Waals surface area contributed by atoms with Gasteiger partial charge < -0.3 is 37.9 Å². The monoisotopic (exact) mass is 913 g/mol. The van der Waals surface area contributed by atoms with Crippen molar-refractivity contribution in [3.63, 3.8) is 0 Å². The Morgan fingerprint density at radius 2 is 0.701 bits per heavy atom. The summed E-state index contributed by atoms with van der Waals surface area (Å²) in [5.74, 6) is 4.82. The van der Waals surface area contributed by atoms with E-state index in [1.807, 2.05) is 0 Å². The van der Waals surface area contributed by atoms with Gasteiger partial charge >= 0.3 is 0 Å². The van der Waals surface area contributed by atoms with Crippen molar-refractivity contribution in [3.05, 3.63) is 119 Å². The molecule has 67 heavy (non-hydrogen) atoms. The molecule has 0 amide bonds. The molecule has 6 aliphatic rings. The molecule has 8 nitrogen and oxygen atoms in total. The zero-order valence-corrected chi connectivity index (χ0v) is 40.4. The van der Waals surface area contributed by atoms with Crippen molar-refractivity contribution >= 4 is 0 Å². The molecule has 0 spiro atoms. The van der Waals surface area contributed by atoms with Crippen molar-refractivity contribution in [3.8, 4) is 23.0 Å². The van der Waals surface area contributed by atoms with E-state index in [0.29, 0.717) is 11.8 Å². The van der Waals surface area contributed by atoms with Crippen molar-refractivity contribution in [2.75, 3.05) is 26.4 Å². The largest absolute Gasteiger partial charge is 0.465 e. The second-order valence-corrected chi connectivity index (χ2v) is 21.3. The van der Waals surface area contributed by atoms with Crippen LogP contribution >= 0.6 is 0 Å². The molecular weight excluding hydrogens is 837 g/mol. The quantitative estimate of drug-likeness (QED) is 0.124. The molecule has 6 fully saturated rings. The number of hydrogen-bond acceptors (Lipinski definition) is 8. The topological polar surface area (TPSA) is 73.8 Å². The van der Waals surface area contributed by atoms with E-state index in [0.717, 1.165) is 152 Å². The van der Waals surface area contributed by atoms with Gasteiger partial charge in [-0.2, -0.15) is 0 Å². The van der Waals surface area contributed by atoms with Gasteiger partial charge in [0.05, 0.1) is 26.4 Å². The maximum absolute atomic E-state index is 6.50. The van der Waals surface area contributed by atoms with Gasteiger partial charge in [0.1, 0.15) is 23.0 Å². The van der Waals surface area contributed by atoms with Gasteiger partial charge in [-0.15, -0.1) is 0 Å². The third-order valence-corrected chi connectivity index (χ3v) is 17.0. The van der Waals surface area contributed by atoms with E-state index in [1.165, 1.54) is 47.9 Å². The highest BCUT2D eigenvalue weighted by Gasteiger charge is 2.48. The first kappa shape index (κ1) is 46.6. The second-order valence-electron chi connectivity index (χ2n) is 21.3. The van der Waals surface area contributed by atoms with Crippen molar-refractivity contribution < 1.29 is 37.9 Å². The Balaban J connectivity index is 0.867. The Labute approximate surface area is 400 Å². The summed E-state index contributed by atoms with van der Waals surface area (Å²) in [6, 6.07) is 36.0. The van der Waals surface area contributed by atoms with Crippen LogP contribution in [-0.4, -0.2) is 51.6 Å². The molecule has 10 rings (SSSR count). The van der Waals surface area contributed by atoms with Crippen LogP contribution in [0.1, 0.15) is 165 Å². The van der Waals surface area contributed by atoms with Gasteiger partial charge in [0.25, 0.3) is 0 Å². The molecule has 360 valence electrons. The fraction of sp³-hybridized carbons (Fsp3) is 0.593. The van der Waals surface area contributed by atoms with Gasteiger partial charge in [0.15, 0.2) is 25.2 Å². The van der Waals surface area contributed by atoms with E-state index in [-0.39, 0.29) is 41.4 Å². The molecule has 0 bridgehead atoms. The van der Waals surface area contributed by atoms with Gasteiger partial charge in [0.2, 0.25) is 0 Å². The summed E-state index contributed by atoms with van der Waals surface area (Å²) in [6.07, 6.45) is 21.3. The second kappa shape index (κ2) is 21.3. The Bertz CT molecular complexity index is 2060. The van der Waals surface area contributed by atoms with E-state index in [4.69, 9.17) is 37.9 Å². The van der Waals surface area contributed by atoms with Crippen molar-refractivity contribution in [1.82, 2.24) is 0 Å². The molecule has 4 aromatic rings. The minimum absolute atomic E-state index is 0.0945. The summed E-state index contributed by atoms with van der Waals surface area (Å²) < 4.78 is 49.3. The third kappa shape index (κ3) is 10.7. The minimum atomic E-state index is -0.173. The maximum atomic E-state index is 6.50. The minimum Gasteiger partial charge on any atom is -0.465 e. The summed E-state index contributed by atoms with van der Waals surface area (Å²) in [5, 5.41) is 0. The fourth-order valence-electron chi connectivity index (χ4n) is 12.8. The molecule has 4 aromatic carbocycles. The van der Waals surface area contributed by atoms with Crippen molar-refractivity contribution in [2.45, 2.75) is 178 Å². The Morgan fingerprint density at radius 1 is 0.373 bits per heavy atom. The molecule has 2 aliphatic carbocycles. The highest BCUT2D eigenvalue weighted by Crippen LogP contribution is 2.57. The first-order chi connectivity index (χ1) is 32.8. The smallest absolute Gasteiger partial charge is 0.199 e. The normalized spacial score (nSPS) is 30.8. The highest BCUT2D eigenvalue weighted by atomic mass is 16.7. The van der Waals surface area contributed by atoms with Gasteiger partial charge in [-0.05, 0) is 191 Å². The fourth-order valence-corrected chi connectivity index (χ4v) is 12.8. The van der Waals surface area contributed by atoms with Gasteiger partial charge in [0, 0.05) is 36.5 Å². The standard InChI is InChI=1S/C59H76O8/c1-57(2,43-30-34-58(35-31-43,45-18-24-49(25-19-45)64-53-14-3-7-38-60-53)46-20-26-50(27-21-46)65-54-15-4-8-39-61-54)44-32-36-59(37-33-44,47-22-28-51(29-23-47)66-55-16-5-9-40-62-55)48-12-11-13-52(42-48)67-56-17-6-10-41-63-56/h11-13,18-29,42-44,53-56H,3-10,14-17,30-41H2,1-2H3. The first-order valence-electron chi connectivity index (χ1n) is 26.4. The van der Waals surface area contributed by atoms with Crippen LogP contribution in [-0.2, 0) is 29.8 Å². The van der Waals surface area contributed by atoms with Gasteiger partial charge in [-0.25, -0.2) is 0 Å².